The van der Waals surface area contributed by atoms with Crippen molar-refractivity contribution in [2.45, 2.75) is 56.2 Å². The highest BCUT2D eigenvalue weighted by atomic mass is 32.2. The number of aryl methyl sites for hydroxylation is 1. The fourth-order valence-corrected chi connectivity index (χ4v) is 3.47. The molecule has 0 aliphatic rings. The Labute approximate surface area is 126 Å². The number of hydrogen-bond acceptors (Lipinski definition) is 3. The lowest BCUT2D eigenvalue weighted by atomic mass is 9.96. The summed E-state index contributed by atoms with van der Waals surface area (Å²) in [5.41, 5.74) is 0.374. The first-order chi connectivity index (χ1) is 9.37. The van der Waals surface area contributed by atoms with Crippen molar-refractivity contribution >= 4 is 17.7 Å². The molecule has 20 heavy (non-hydrogen) atoms. The second kappa shape index (κ2) is 7.70. The average molecular weight is 295 g/mol. The first-order valence-electron chi connectivity index (χ1n) is 7.09. The highest BCUT2D eigenvalue weighted by Gasteiger charge is 2.34. The molecule has 1 aromatic carbocycles. The number of thioether (sulfide) groups is 1. The van der Waals surface area contributed by atoms with E-state index < -0.39 is 11.5 Å². The van der Waals surface area contributed by atoms with Gasteiger partial charge in [0.1, 0.15) is 5.54 Å². The monoisotopic (exact) mass is 295 g/mol. The predicted molar refractivity (Wildman–Crippen MR) is 85.4 cm³/mol. The van der Waals surface area contributed by atoms with E-state index in [1.54, 1.807) is 18.7 Å². The molecule has 4 heteroatoms. The summed E-state index contributed by atoms with van der Waals surface area (Å²) >= 11 is 1.73. The summed E-state index contributed by atoms with van der Waals surface area (Å²) in [5, 5.41) is 12.8. The van der Waals surface area contributed by atoms with E-state index in [4.69, 9.17) is 0 Å². The van der Waals surface area contributed by atoms with Gasteiger partial charge in [0.05, 0.1) is 0 Å². The zero-order chi connectivity index (χ0) is 15.2. The van der Waals surface area contributed by atoms with Crippen LogP contribution in [0.2, 0.25) is 0 Å². The van der Waals surface area contributed by atoms with Gasteiger partial charge in [0.25, 0.3) is 0 Å². The van der Waals surface area contributed by atoms with Gasteiger partial charge in [-0.2, -0.15) is 0 Å². The molecule has 0 spiro atoms. The van der Waals surface area contributed by atoms with Gasteiger partial charge in [-0.25, -0.2) is 0 Å². The highest BCUT2D eigenvalue weighted by Crippen LogP contribution is 2.29. The molecule has 3 nitrogen and oxygen atoms in total. The molecule has 0 aromatic heterocycles. The molecule has 1 rings (SSSR count). The number of rotatable bonds is 8. The van der Waals surface area contributed by atoms with Crippen molar-refractivity contribution < 1.29 is 9.90 Å². The van der Waals surface area contributed by atoms with Crippen molar-refractivity contribution in [1.82, 2.24) is 5.32 Å². The SMILES string of the molecule is CCCNC(C)(CC(C)Sc1cccc(C)c1)C(=O)O. The second-order valence-electron chi connectivity index (χ2n) is 5.51. The van der Waals surface area contributed by atoms with Crippen LogP contribution in [0.3, 0.4) is 0 Å². The van der Waals surface area contributed by atoms with Gasteiger partial charge in [-0.05, 0) is 45.4 Å². The maximum absolute atomic E-state index is 11.5. The second-order valence-corrected chi connectivity index (χ2v) is 7.02. The Kier molecular flexibility index (Phi) is 6.56. The summed E-state index contributed by atoms with van der Waals surface area (Å²) < 4.78 is 0. The summed E-state index contributed by atoms with van der Waals surface area (Å²) in [6.45, 7) is 8.70. The third-order valence-electron chi connectivity index (χ3n) is 3.26. The minimum absolute atomic E-state index is 0.238. The first-order valence-corrected chi connectivity index (χ1v) is 7.97. The van der Waals surface area contributed by atoms with Crippen molar-refractivity contribution in [2.24, 2.45) is 0 Å². The maximum Gasteiger partial charge on any atom is 0.323 e. The molecule has 0 saturated heterocycles. The maximum atomic E-state index is 11.5. The van der Waals surface area contributed by atoms with Crippen LogP contribution in [0.5, 0.6) is 0 Å². The van der Waals surface area contributed by atoms with Gasteiger partial charge in [0.2, 0.25) is 0 Å². The van der Waals surface area contributed by atoms with E-state index in [9.17, 15) is 9.90 Å². The molecule has 0 amide bonds. The van der Waals surface area contributed by atoms with E-state index in [-0.39, 0.29) is 5.25 Å². The van der Waals surface area contributed by atoms with E-state index in [0.29, 0.717) is 6.42 Å². The minimum Gasteiger partial charge on any atom is -0.480 e. The van der Waals surface area contributed by atoms with Crippen LogP contribution in [0.25, 0.3) is 0 Å². The Morgan fingerprint density at radius 3 is 2.75 bits per heavy atom. The van der Waals surface area contributed by atoms with E-state index >= 15 is 0 Å². The van der Waals surface area contributed by atoms with Crippen molar-refractivity contribution in [3.8, 4) is 0 Å². The zero-order valence-corrected chi connectivity index (χ0v) is 13.6. The summed E-state index contributed by atoms with van der Waals surface area (Å²) in [6.07, 6.45) is 1.53. The number of aliphatic carboxylic acids is 1. The molecule has 0 saturated carbocycles. The van der Waals surface area contributed by atoms with E-state index in [2.05, 4.69) is 37.4 Å². The Morgan fingerprint density at radius 1 is 1.50 bits per heavy atom. The topological polar surface area (TPSA) is 49.3 Å². The lowest BCUT2D eigenvalue weighted by Gasteiger charge is -2.29. The third-order valence-corrected chi connectivity index (χ3v) is 4.35. The van der Waals surface area contributed by atoms with E-state index in [1.807, 2.05) is 13.0 Å². The first kappa shape index (κ1) is 17.1. The zero-order valence-electron chi connectivity index (χ0n) is 12.8. The van der Waals surface area contributed by atoms with Crippen LogP contribution in [0.15, 0.2) is 29.2 Å². The van der Waals surface area contributed by atoms with Crippen molar-refractivity contribution in [2.75, 3.05) is 6.54 Å². The largest absolute Gasteiger partial charge is 0.480 e. The van der Waals surface area contributed by atoms with Crippen molar-refractivity contribution in [3.63, 3.8) is 0 Å². The lowest BCUT2D eigenvalue weighted by Crippen LogP contribution is -2.51. The Bertz CT molecular complexity index is 450. The van der Waals surface area contributed by atoms with Gasteiger partial charge in [-0.15, -0.1) is 11.8 Å². The number of nitrogens with one attached hydrogen (secondary N) is 1. The van der Waals surface area contributed by atoms with Crippen LogP contribution < -0.4 is 5.32 Å². The summed E-state index contributed by atoms with van der Waals surface area (Å²) in [5.74, 6) is -0.775. The van der Waals surface area contributed by atoms with Crippen LogP contribution in [0.4, 0.5) is 0 Å². The standard InChI is InChI=1S/C16H25NO2S/c1-5-9-17-16(4,15(18)19)11-13(3)20-14-8-6-7-12(2)10-14/h6-8,10,13,17H,5,9,11H2,1-4H3,(H,18,19). The van der Waals surface area contributed by atoms with Gasteiger partial charge in [0.15, 0.2) is 0 Å². The number of benzene rings is 1. The van der Waals surface area contributed by atoms with Gasteiger partial charge >= 0.3 is 5.97 Å². The van der Waals surface area contributed by atoms with Gasteiger partial charge in [-0.3, -0.25) is 4.79 Å². The van der Waals surface area contributed by atoms with Crippen molar-refractivity contribution in [1.29, 1.82) is 0 Å². The van der Waals surface area contributed by atoms with Crippen LogP contribution in [0, 0.1) is 6.92 Å². The van der Waals surface area contributed by atoms with Crippen LogP contribution >= 0.6 is 11.8 Å². The predicted octanol–water partition coefficient (Wildman–Crippen LogP) is 3.71. The molecule has 1 aromatic rings. The van der Waals surface area contributed by atoms with Crippen LogP contribution in [-0.2, 0) is 4.79 Å². The molecule has 2 unspecified atom stereocenters. The molecule has 2 N–H and O–H groups in total. The Hall–Kier alpha value is -1.00. The molecular formula is C16H25NO2S. The van der Waals surface area contributed by atoms with Crippen LogP contribution in [-0.4, -0.2) is 28.4 Å². The molecule has 2 atom stereocenters. The fraction of sp³-hybridized carbons (Fsp3) is 0.562. The highest BCUT2D eigenvalue weighted by molar-refractivity contribution is 7.99. The number of carboxylic acid groups (broad SMARTS) is 1. The number of hydrogen-bond donors (Lipinski definition) is 2. The number of carbonyl (C=O) groups is 1. The summed E-state index contributed by atoms with van der Waals surface area (Å²) in [4.78, 5) is 12.7. The molecule has 112 valence electrons. The third kappa shape index (κ3) is 5.17. The molecule has 0 aliphatic heterocycles. The van der Waals surface area contributed by atoms with Gasteiger partial charge < -0.3 is 10.4 Å². The number of carboxylic acids is 1. The molecule has 0 aliphatic carbocycles. The lowest BCUT2D eigenvalue weighted by molar-refractivity contribution is -0.144. The average Bonchev–Trinajstić information content (AvgIpc) is 2.36. The van der Waals surface area contributed by atoms with Gasteiger partial charge in [-0.1, -0.05) is 31.5 Å². The summed E-state index contributed by atoms with van der Waals surface area (Å²) in [7, 11) is 0. The normalized spacial score (nSPS) is 15.6. The molecule has 0 fully saturated rings. The molecule has 0 bridgehead atoms. The van der Waals surface area contributed by atoms with E-state index in [1.165, 1.54) is 10.5 Å². The molecule has 0 heterocycles. The van der Waals surface area contributed by atoms with Crippen molar-refractivity contribution in [3.05, 3.63) is 29.8 Å². The Morgan fingerprint density at radius 2 is 2.20 bits per heavy atom. The minimum atomic E-state index is -0.855. The quantitative estimate of drug-likeness (QED) is 0.718. The summed E-state index contributed by atoms with van der Waals surface area (Å²) in [6, 6.07) is 8.32. The Balaban J connectivity index is 2.66. The molecule has 0 radical (unpaired) electrons. The van der Waals surface area contributed by atoms with Gasteiger partial charge in [0, 0.05) is 10.1 Å². The fourth-order valence-electron chi connectivity index (χ4n) is 2.17. The smallest absolute Gasteiger partial charge is 0.323 e. The van der Waals surface area contributed by atoms with E-state index in [0.717, 1.165) is 13.0 Å². The molecular weight excluding hydrogens is 270 g/mol. The van der Waals surface area contributed by atoms with Crippen LogP contribution in [0.1, 0.15) is 39.2 Å².